The van der Waals surface area contributed by atoms with Gasteiger partial charge in [0.15, 0.2) is 0 Å². The van der Waals surface area contributed by atoms with E-state index in [1.165, 1.54) is 18.3 Å². The van der Waals surface area contributed by atoms with Gasteiger partial charge in [-0.15, -0.1) is 0 Å². The molecule has 1 aliphatic carbocycles. The number of fused-ring (bicyclic) bond motifs is 1. The van der Waals surface area contributed by atoms with E-state index in [4.69, 9.17) is 28.3 Å². The van der Waals surface area contributed by atoms with Crippen molar-refractivity contribution in [3.8, 4) is 0 Å². The van der Waals surface area contributed by atoms with Crippen LogP contribution in [0.1, 0.15) is 29.2 Å². The van der Waals surface area contributed by atoms with Gasteiger partial charge in [0.25, 0.3) is 0 Å². The van der Waals surface area contributed by atoms with Crippen LogP contribution in [0.2, 0.25) is 10.0 Å². The fraction of sp³-hybridized carbons (Fsp3) is 0.231. The van der Waals surface area contributed by atoms with Gasteiger partial charge < -0.3 is 9.67 Å². The highest BCUT2D eigenvalue weighted by Gasteiger charge is 2.28. The van der Waals surface area contributed by atoms with E-state index in [0.717, 1.165) is 12.8 Å². The van der Waals surface area contributed by atoms with E-state index in [1.54, 1.807) is 4.57 Å². The van der Waals surface area contributed by atoms with Gasteiger partial charge in [-0.1, -0.05) is 23.2 Å². The Morgan fingerprint density at radius 2 is 2.00 bits per heavy atom. The van der Waals surface area contributed by atoms with Crippen molar-refractivity contribution in [2.24, 2.45) is 0 Å². The predicted molar refractivity (Wildman–Crippen MR) is 73.5 cm³/mol. The Morgan fingerprint density at radius 3 is 2.58 bits per heavy atom. The molecule has 0 unspecified atom stereocenters. The molecule has 0 spiro atoms. The number of carboxylic acid groups (broad SMARTS) is 1. The van der Waals surface area contributed by atoms with Gasteiger partial charge in [0.05, 0.1) is 15.6 Å². The highest BCUT2D eigenvalue weighted by molar-refractivity contribution is 6.45. The normalized spacial score (nSPS) is 14.8. The monoisotopic (exact) mass is 297 g/mol. The first-order chi connectivity index (χ1) is 9.00. The quantitative estimate of drug-likeness (QED) is 0.925. The van der Waals surface area contributed by atoms with Crippen LogP contribution in [0.3, 0.4) is 0 Å². The lowest BCUT2D eigenvalue weighted by molar-refractivity contribution is 0.0695. The molecular formula is C13H9Cl2NO3. The predicted octanol–water partition coefficient (Wildman–Crippen LogP) is 3.34. The van der Waals surface area contributed by atoms with Crippen molar-refractivity contribution in [1.82, 2.24) is 4.57 Å². The molecule has 1 aromatic carbocycles. The van der Waals surface area contributed by atoms with Gasteiger partial charge in [0, 0.05) is 17.6 Å². The van der Waals surface area contributed by atoms with E-state index in [0.29, 0.717) is 20.9 Å². The Bertz CT molecular complexity index is 763. The third kappa shape index (κ3) is 1.91. The third-order valence-electron chi connectivity index (χ3n) is 3.26. The van der Waals surface area contributed by atoms with Crippen LogP contribution >= 0.6 is 23.2 Å². The van der Waals surface area contributed by atoms with E-state index < -0.39 is 11.4 Å². The molecule has 1 saturated carbocycles. The minimum atomic E-state index is -1.23. The number of nitrogens with zero attached hydrogens (tertiary/aromatic N) is 1. The highest BCUT2D eigenvalue weighted by Crippen LogP contribution is 2.40. The first-order valence-electron chi connectivity index (χ1n) is 5.77. The summed E-state index contributed by atoms with van der Waals surface area (Å²) in [7, 11) is 0. The molecule has 0 amide bonds. The topological polar surface area (TPSA) is 59.3 Å². The van der Waals surface area contributed by atoms with Crippen LogP contribution in [0.4, 0.5) is 0 Å². The van der Waals surface area contributed by atoms with Crippen molar-refractivity contribution in [2.45, 2.75) is 18.9 Å². The average Bonchev–Trinajstić information content (AvgIpc) is 3.18. The third-order valence-corrected chi connectivity index (χ3v) is 4.05. The summed E-state index contributed by atoms with van der Waals surface area (Å²) in [6, 6.07) is 3.23. The lowest BCUT2D eigenvalue weighted by Crippen LogP contribution is -2.18. The Balaban J connectivity index is 2.49. The largest absolute Gasteiger partial charge is 0.477 e. The maximum Gasteiger partial charge on any atom is 0.341 e. The smallest absolute Gasteiger partial charge is 0.341 e. The van der Waals surface area contributed by atoms with Crippen molar-refractivity contribution in [3.05, 3.63) is 44.2 Å². The molecule has 19 heavy (non-hydrogen) atoms. The molecule has 0 aliphatic heterocycles. The second-order valence-corrected chi connectivity index (χ2v) is 5.36. The fourth-order valence-electron chi connectivity index (χ4n) is 2.18. The zero-order valence-electron chi connectivity index (χ0n) is 9.69. The van der Waals surface area contributed by atoms with Gasteiger partial charge in [-0.3, -0.25) is 4.79 Å². The molecule has 1 aliphatic rings. The summed E-state index contributed by atoms with van der Waals surface area (Å²) >= 11 is 12.1. The maximum absolute atomic E-state index is 12.1. The molecule has 0 saturated heterocycles. The molecule has 1 aromatic heterocycles. The lowest BCUT2D eigenvalue weighted by atomic mass is 10.1. The van der Waals surface area contributed by atoms with Crippen molar-refractivity contribution >= 4 is 40.1 Å². The summed E-state index contributed by atoms with van der Waals surface area (Å²) in [5, 5.41) is 10.0. The molecule has 2 aromatic rings. The summed E-state index contributed by atoms with van der Waals surface area (Å²) in [6.45, 7) is 0. The summed E-state index contributed by atoms with van der Waals surface area (Å²) in [5.74, 6) is -1.23. The maximum atomic E-state index is 12.1. The zero-order chi connectivity index (χ0) is 13.7. The van der Waals surface area contributed by atoms with E-state index in [9.17, 15) is 9.59 Å². The number of aromatic nitrogens is 1. The van der Waals surface area contributed by atoms with Crippen LogP contribution in [-0.2, 0) is 0 Å². The molecule has 4 nitrogen and oxygen atoms in total. The second-order valence-electron chi connectivity index (χ2n) is 4.57. The Hall–Kier alpha value is -1.52. The van der Waals surface area contributed by atoms with Gasteiger partial charge in [-0.2, -0.15) is 0 Å². The van der Waals surface area contributed by atoms with Crippen LogP contribution < -0.4 is 5.43 Å². The minimum Gasteiger partial charge on any atom is -0.477 e. The van der Waals surface area contributed by atoms with Crippen molar-refractivity contribution < 1.29 is 9.90 Å². The van der Waals surface area contributed by atoms with E-state index in [2.05, 4.69) is 0 Å². The molecular weight excluding hydrogens is 289 g/mol. The van der Waals surface area contributed by atoms with Gasteiger partial charge >= 0.3 is 5.97 Å². The van der Waals surface area contributed by atoms with E-state index >= 15 is 0 Å². The summed E-state index contributed by atoms with van der Waals surface area (Å²) in [4.78, 5) is 23.3. The number of carboxylic acids is 1. The number of benzene rings is 1. The van der Waals surface area contributed by atoms with Crippen LogP contribution in [0.5, 0.6) is 0 Å². The van der Waals surface area contributed by atoms with Crippen LogP contribution in [0.15, 0.2) is 23.1 Å². The number of hydrogen-bond acceptors (Lipinski definition) is 2. The Labute approximate surface area is 118 Å². The molecule has 1 N–H and O–H groups in total. The van der Waals surface area contributed by atoms with Gasteiger partial charge in [0.2, 0.25) is 5.43 Å². The summed E-state index contributed by atoms with van der Waals surface area (Å²) in [5.41, 5.74) is -0.248. The SMILES string of the molecule is O=C(O)c1cn(C2CC2)c2c(Cl)c(Cl)ccc2c1=O. The number of halogens is 2. The number of aromatic carboxylic acids is 1. The fourth-order valence-corrected chi connectivity index (χ4v) is 2.59. The number of carbonyl (C=O) groups is 1. The van der Waals surface area contributed by atoms with Crippen molar-refractivity contribution in [3.63, 3.8) is 0 Å². The van der Waals surface area contributed by atoms with E-state index in [1.807, 2.05) is 0 Å². The molecule has 6 heteroatoms. The molecule has 1 heterocycles. The standard InChI is InChI=1S/C13H9Cl2NO3/c14-9-4-3-7-11(10(9)15)16(6-1-2-6)5-8(12(7)17)13(18)19/h3-6H,1-2H2,(H,18,19). The summed E-state index contributed by atoms with van der Waals surface area (Å²) < 4.78 is 1.76. The molecule has 0 atom stereocenters. The Morgan fingerprint density at radius 1 is 1.32 bits per heavy atom. The van der Waals surface area contributed by atoms with Crippen LogP contribution in [0.25, 0.3) is 10.9 Å². The number of rotatable bonds is 2. The lowest BCUT2D eigenvalue weighted by Gasteiger charge is -2.13. The van der Waals surface area contributed by atoms with E-state index in [-0.39, 0.29) is 11.6 Å². The second kappa shape index (κ2) is 4.25. The zero-order valence-corrected chi connectivity index (χ0v) is 11.2. The average molecular weight is 298 g/mol. The molecule has 0 radical (unpaired) electrons. The first-order valence-corrected chi connectivity index (χ1v) is 6.52. The van der Waals surface area contributed by atoms with Crippen molar-refractivity contribution in [2.75, 3.05) is 0 Å². The molecule has 98 valence electrons. The number of hydrogen-bond donors (Lipinski definition) is 1. The Kier molecular flexibility index (Phi) is 2.80. The first kappa shape index (κ1) is 12.5. The molecule has 1 fully saturated rings. The minimum absolute atomic E-state index is 0.192. The van der Waals surface area contributed by atoms with Crippen LogP contribution in [-0.4, -0.2) is 15.6 Å². The molecule has 0 bridgehead atoms. The van der Waals surface area contributed by atoms with Gasteiger partial charge in [0.1, 0.15) is 5.56 Å². The summed E-state index contributed by atoms with van der Waals surface area (Å²) in [6.07, 6.45) is 3.26. The number of pyridine rings is 1. The highest BCUT2D eigenvalue weighted by atomic mass is 35.5. The van der Waals surface area contributed by atoms with Crippen molar-refractivity contribution in [1.29, 1.82) is 0 Å². The van der Waals surface area contributed by atoms with Crippen LogP contribution in [0, 0.1) is 0 Å². The van der Waals surface area contributed by atoms with Gasteiger partial charge in [-0.25, -0.2) is 4.79 Å². The van der Waals surface area contributed by atoms with Gasteiger partial charge in [-0.05, 0) is 25.0 Å². The molecule has 3 rings (SSSR count).